The number of esters is 1. The van der Waals surface area contributed by atoms with Gasteiger partial charge in [0, 0.05) is 17.5 Å². The highest BCUT2D eigenvalue weighted by Crippen LogP contribution is 2.32. The first-order valence-electron chi connectivity index (χ1n) is 12.5. The van der Waals surface area contributed by atoms with Gasteiger partial charge >= 0.3 is 18.2 Å². The zero-order valence-corrected chi connectivity index (χ0v) is 22.3. The summed E-state index contributed by atoms with van der Waals surface area (Å²) in [6, 6.07) is 15.8. The van der Waals surface area contributed by atoms with Crippen LogP contribution in [0.3, 0.4) is 0 Å². The van der Waals surface area contributed by atoms with Gasteiger partial charge < -0.3 is 19.5 Å². The van der Waals surface area contributed by atoms with Gasteiger partial charge in [0.2, 0.25) is 0 Å². The lowest BCUT2D eigenvalue weighted by Gasteiger charge is -2.29. The molecule has 0 saturated heterocycles. The molecule has 0 spiro atoms. The lowest BCUT2D eigenvalue weighted by molar-refractivity contribution is -0.146. The van der Waals surface area contributed by atoms with Crippen molar-refractivity contribution in [3.05, 3.63) is 71.9 Å². The number of fused-ring (bicyclic) bond motifs is 1. The van der Waals surface area contributed by atoms with Gasteiger partial charge in [0.25, 0.3) is 0 Å². The summed E-state index contributed by atoms with van der Waals surface area (Å²) in [5.41, 5.74) is 1.60. The fourth-order valence-corrected chi connectivity index (χ4v) is 4.20. The smallest absolute Gasteiger partial charge is 0.418 e. The molecule has 37 heavy (non-hydrogen) atoms. The van der Waals surface area contributed by atoms with Crippen LogP contribution in [0.5, 0.6) is 0 Å². The third-order valence-corrected chi connectivity index (χ3v) is 5.80. The summed E-state index contributed by atoms with van der Waals surface area (Å²) < 4.78 is 17.7. The van der Waals surface area contributed by atoms with Crippen LogP contribution in [0.1, 0.15) is 58.6 Å². The number of amides is 1. The third-order valence-electron chi connectivity index (χ3n) is 5.80. The predicted octanol–water partition coefficient (Wildman–Crippen LogP) is 6.02. The number of carbonyl (C=O) groups excluding carboxylic acids is 3. The lowest BCUT2D eigenvalue weighted by atomic mass is 9.82. The average molecular weight is 509 g/mol. The van der Waals surface area contributed by atoms with Crippen LogP contribution in [-0.2, 0) is 25.6 Å². The number of aromatic nitrogens is 1. The van der Waals surface area contributed by atoms with Crippen molar-refractivity contribution in [2.24, 2.45) is 5.92 Å². The van der Waals surface area contributed by atoms with E-state index in [1.807, 2.05) is 89.2 Å². The van der Waals surface area contributed by atoms with Crippen molar-refractivity contribution in [2.75, 3.05) is 6.61 Å². The highest BCUT2D eigenvalue weighted by Gasteiger charge is 2.35. The van der Waals surface area contributed by atoms with Gasteiger partial charge in [0.05, 0.1) is 12.1 Å². The first-order chi connectivity index (χ1) is 17.5. The Morgan fingerprint density at radius 3 is 2.30 bits per heavy atom. The molecule has 1 aromatic heterocycles. The number of hydrogen-bond donors (Lipinski definition) is 1. The van der Waals surface area contributed by atoms with Gasteiger partial charge in [0.1, 0.15) is 18.2 Å². The molecule has 8 nitrogen and oxygen atoms in total. The Morgan fingerprint density at radius 2 is 1.68 bits per heavy atom. The van der Waals surface area contributed by atoms with Crippen molar-refractivity contribution in [3.8, 4) is 0 Å². The van der Waals surface area contributed by atoms with Gasteiger partial charge in [-0.05, 0) is 56.9 Å². The Bertz CT molecular complexity index is 1230. The van der Waals surface area contributed by atoms with Crippen LogP contribution in [0.15, 0.2) is 60.8 Å². The second kappa shape index (κ2) is 12.0. The van der Waals surface area contributed by atoms with Crippen molar-refractivity contribution >= 4 is 29.1 Å². The minimum Gasteiger partial charge on any atom is -0.464 e. The normalized spacial score (nSPS) is 13.2. The van der Waals surface area contributed by atoms with E-state index in [0.29, 0.717) is 5.52 Å². The van der Waals surface area contributed by atoms with Crippen LogP contribution in [0.4, 0.5) is 9.59 Å². The van der Waals surface area contributed by atoms with Crippen molar-refractivity contribution in [3.63, 3.8) is 0 Å². The molecule has 0 unspecified atom stereocenters. The maximum Gasteiger partial charge on any atom is 0.418 e. The molecule has 0 aliphatic heterocycles. The van der Waals surface area contributed by atoms with Gasteiger partial charge in [-0.1, -0.05) is 56.3 Å². The van der Waals surface area contributed by atoms with Crippen molar-refractivity contribution in [1.29, 1.82) is 0 Å². The van der Waals surface area contributed by atoms with E-state index in [1.165, 1.54) is 4.57 Å². The largest absolute Gasteiger partial charge is 0.464 e. The Kier molecular flexibility index (Phi) is 8.97. The number of hydrogen-bond acceptors (Lipinski definition) is 6. The molecule has 0 bridgehead atoms. The van der Waals surface area contributed by atoms with E-state index < -0.39 is 35.7 Å². The molecule has 0 aliphatic rings. The molecule has 1 N–H and O–H groups in total. The van der Waals surface area contributed by atoms with Crippen molar-refractivity contribution in [1.82, 2.24) is 9.88 Å². The van der Waals surface area contributed by atoms with E-state index in [0.717, 1.165) is 16.5 Å². The Labute approximate surface area is 217 Å². The summed E-state index contributed by atoms with van der Waals surface area (Å²) >= 11 is 0. The Morgan fingerprint density at radius 1 is 0.973 bits per heavy atom. The zero-order valence-electron chi connectivity index (χ0n) is 22.3. The summed E-state index contributed by atoms with van der Waals surface area (Å²) in [6.45, 7) is 11.3. The molecular formula is C29H36N2O6. The molecule has 198 valence electrons. The molecule has 0 radical (unpaired) electrons. The van der Waals surface area contributed by atoms with E-state index in [2.05, 4.69) is 5.32 Å². The average Bonchev–Trinajstić information content (AvgIpc) is 3.25. The van der Waals surface area contributed by atoms with E-state index in [9.17, 15) is 14.4 Å². The number of nitrogens with one attached hydrogen (secondary N) is 1. The van der Waals surface area contributed by atoms with Crippen molar-refractivity contribution < 1.29 is 28.6 Å². The quantitative estimate of drug-likeness (QED) is 0.295. The van der Waals surface area contributed by atoms with E-state index in [4.69, 9.17) is 14.2 Å². The molecule has 2 aromatic carbocycles. The number of nitrogens with zero attached hydrogens (tertiary/aromatic N) is 1. The summed E-state index contributed by atoms with van der Waals surface area (Å²) in [5.74, 6) is -1.07. The summed E-state index contributed by atoms with van der Waals surface area (Å²) in [6.07, 6.45) is 0.450. The number of benzene rings is 2. The van der Waals surface area contributed by atoms with Crippen LogP contribution in [0.25, 0.3) is 10.9 Å². The highest BCUT2D eigenvalue weighted by molar-refractivity contribution is 5.90. The first-order valence-corrected chi connectivity index (χ1v) is 12.5. The Balaban J connectivity index is 1.92. The molecule has 0 aliphatic carbocycles. The minimum absolute atomic E-state index is 0.0637. The third kappa shape index (κ3) is 7.35. The summed E-state index contributed by atoms with van der Waals surface area (Å²) in [5, 5.41) is 3.58. The number of carbonyl (C=O) groups is 3. The summed E-state index contributed by atoms with van der Waals surface area (Å²) in [7, 11) is 0. The molecule has 1 amide bonds. The number of rotatable bonds is 8. The SMILES string of the molecule is CCOC(=O)[C@@H](NC(=O)OCc1ccccc1)[C@@H](c1ccc2ccn(C(=O)OC(C)(C)C)c2c1)C(C)C. The van der Waals surface area contributed by atoms with Crippen LogP contribution in [0.2, 0.25) is 0 Å². The number of ether oxygens (including phenoxy) is 3. The summed E-state index contributed by atoms with van der Waals surface area (Å²) in [4.78, 5) is 38.6. The number of alkyl carbamates (subject to hydrolysis) is 1. The van der Waals surface area contributed by atoms with Crippen molar-refractivity contribution in [2.45, 2.75) is 65.7 Å². The zero-order chi connectivity index (χ0) is 27.2. The van der Waals surface area contributed by atoms with Crippen LogP contribution in [0, 0.1) is 5.92 Å². The van der Waals surface area contributed by atoms with Gasteiger partial charge in [-0.3, -0.25) is 4.57 Å². The lowest BCUT2D eigenvalue weighted by Crippen LogP contribution is -2.47. The topological polar surface area (TPSA) is 95.9 Å². The first kappa shape index (κ1) is 27.8. The molecule has 3 rings (SSSR count). The predicted molar refractivity (Wildman–Crippen MR) is 141 cm³/mol. The van der Waals surface area contributed by atoms with Crippen LogP contribution < -0.4 is 5.32 Å². The molecule has 0 fully saturated rings. The van der Waals surface area contributed by atoms with E-state index in [1.54, 1.807) is 13.1 Å². The monoisotopic (exact) mass is 508 g/mol. The minimum atomic E-state index is -0.995. The second-order valence-electron chi connectivity index (χ2n) is 10.2. The van der Waals surface area contributed by atoms with E-state index >= 15 is 0 Å². The van der Waals surface area contributed by atoms with Gasteiger partial charge in [-0.15, -0.1) is 0 Å². The van der Waals surface area contributed by atoms with Gasteiger partial charge in [0.15, 0.2) is 0 Å². The fourth-order valence-electron chi connectivity index (χ4n) is 4.20. The molecular weight excluding hydrogens is 472 g/mol. The molecule has 3 aromatic rings. The molecule has 2 atom stereocenters. The maximum absolute atomic E-state index is 13.0. The maximum atomic E-state index is 13.0. The highest BCUT2D eigenvalue weighted by atomic mass is 16.6. The van der Waals surface area contributed by atoms with Crippen LogP contribution in [-0.4, -0.2) is 41.0 Å². The fraction of sp³-hybridized carbons (Fsp3) is 0.414. The Hall–Kier alpha value is -3.81. The molecule has 8 heteroatoms. The van der Waals surface area contributed by atoms with Gasteiger partial charge in [-0.25, -0.2) is 14.4 Å². The second-order valence-corrected chi connectivity index (χ2v) is 10.2. The molecule has 1 heterocycles. The van der Waals surface area contributed by atoms with Crippen LogP contribution >= 0.6 is 0 Å². The standard InChI is InChI=1S/C29H36N2O6/c1-7-35-26(32)25(30-27(33)36-18-20-11-9-8-10-12-20)24(19(2)3)22-14-13-21-15-16-31(23(21)17-22)28(34)37-29(4,5)6/h8-17,19,24-25H,7,18H2,1-6H3,(H,30,33)/t24-,25+/m1/s1. The van der Waals surface area contributed by atoms with E-state index in [-0.39, 0.29) is 19.1 Å². The van der Waals surface area contributed by atoms with Gasteiger partial charge in [-0.2, -0.15) is 0 Å². The molecule has 0 saturated carbocycles.